The Balaban J connectivity index is 1.18. The average Bonchev–Trinajstić information content (AvgIpc) is 3.99. The van der Waals surface area contributed by atoms with Crippen molar-refractivity contribution in [1.29, 1.82) is 0 Å². The van der Waals surface area contributed by atoms with Crippen LogP contribution >= 0.6 is 0 Å². The molecule has 0 atom stereocenters. The third kappa shape index (κ3) is 3.93. The summed E-state index contributed by atoms with van der Waals surface area (Å²) in [6.45, 7) is 0. The highest BCUT2D eigenvalue weighted by Gasteiger charge is 2.26. The number of pyridine rings is 8. The third-order valence-electron chi connectivity index (χ3n) is 11.1. The molecule has 1 aromatic carbocycles. The van der Waals surface area contributed by atoms with Crippen molar-refractivity contribution >= 4 is 76.5 Å². The normalized spacial score (nSPS) is 12.3. The van der Waals surface area contributed by atoms with Gasteiger partial charge in [-0.3, -0.25) is 29.9 Å². The summed E-state index contributed by atoms with van der Waals surface area (Å²) in [5, 5.41) is 6.37. The van der Waals surface area contributed by atoms with Crippen LogP contribution in [0.1, 0.15) is 0 Å². The fraction of sp³-hybridized carbons (Fsp3) is 0. The van der Waals surface area contributed by atoms with E-state index >= 15 is 0 Å². The lowest BCUT2D eigenvalue weighted by molar-refractivity contribution is 1.24. The molecule has 0 spiro atoms. The Bertz CT molecular complexity index is 3440. The lowest BCUT2D eigenvalue weighted by Crippen LogP contribution is -1.89. The van der Waals surface area contributed by atoms with Gasteiger partial charge in [-0.1, -0.05) is 24.3 Å². The van der Waals surface area contributed by atoms with Gasteiger partial charge in [-0.2, -0.15) is 0 Å². The number of benzene rings is 1. The number of hydrogen-bond donors (Lipinski definition) is 0. The monoisotopic (exact) mass is 716 g/mol. The van der Waals surface area contributed by atoms with Gasteiger partial charge in [-0.05, 0) is 84.9 Å². The van der Waals surface area contributed by atoms with E-state index in [1.165, 1.54) is 0 Å². The van der Waals surface area contributed by atoms with E-state index in [1.54, 1.807) is 12.4 Å². The summed E-state index contributed by atoms with van der Waals surface area (Å²) in [6, 6.07) is 36.8. The molecule has 0 amide bonds. The molecule has 0 aliphatic carbocycles. The van der Waals surface area contributed by atoms with Crippen molar-refractivity contribution in [3.05, 3.63) is 146 Å². The molecule has 0 aliphatic rings. The zero-order valence-electron chi connectivity index (χ0n) is 29.3. The predicted octanol–water partition coefficient (Wildman–Crippen LogP) is 9.81. The molecule has 0 radical (unpaired) electrons. The SMILES string of the molecule is c1ccc(-c2cc3c4cc(-c5ccccn5)nc5c6cc7c8nc(-c9ccccn9)cc9c%10cc(-c%11ccccn%11)ncc%10n(c7cc6n(c3cn2)c45)c98)nc1. The quantitative estimate of drug-likeness (QED) is 0.177. The first-order chi connectivity index (χ1) is 27.8. The van der Waals surface area contributed by atoms with Crippen LogP contribution in [0.3, 0.4) is 0 Å². The van der Waals surface area contributed by atoms with Crippen molar-refractivity contribution in [2.75, 3.05) is 0 Å². The highest BCUT2D eigenvalue weighted by Crippen LogP contribution is 2.45. The number of aromatic nitrogens is 10. The van der Waals surface area contributed by atoms with Gasteiger partial charge in [-0.25, -0.2) is 9.97 Å². The van der Waals surface area contributed by atoms with Crippen LogP contribution in [0.2, 0.25) is 0 Å². The van der Waals surface area contributed by atoms with E-state index in [4.69, 9.17) is 29.9 Å². The molecule has 0 saturated carbocycles. The molecule has 0 N–H and O–H groups in total. The summed E-state index contributed by atoms with van der Waals surface area (Å²) >= 11 is 0. The van der Waals surface area contributed by atoms with Gasteiger partial charge in [-0.15, -0.1) is 0 Å². The van der Waals surface area contributed by atoms with Crippen molar-refractivity contribution in [3.8, 4) is 45.6 Å². The van der Waals surface area contributed by atoms with Gasteiger partial charge in [0.15, 0.2) is 0 Å². The Kier molecular flexibility index (Phi) is 5.68. The highest BCUT2D eigenvalue weighted by molar-refractivity contribution is 6.28. The summed E-state index contributed by atoms with van der Waals surface area (Å²) in [5.74, 6) is 0. The van der Waals surface area contributed by atoms with Gasteiger partial charge in [0, 0.05) is 57.1 Å². The maximum absolute atomic E-state index is 5.35. The minimum atomic E-state index is 0.807. The molecule has 13 aromatic rings. The molecule has 258 valence electrons. The highest BCUT2D eigenvalue weighted by atomic mass is 15.0. The standard InChI is InChI=1S/C46H24N10/c1-5-13-47-31(9-1)35-18-25-27-20-37(33-11-3-7-15-49-33)53-43-29-17-30-40(22-39(29)55(45(27)43)41(25)23-51-35)56-42-24-52-36(32-10-2-6-14-48-32)19-26(42)28-21-38(54-44(30)46(28)56)34-12-4-8-16-50-34/h1-24H. The zero-order valence-corrected chi connectivity index (χ0v) is 29.3. The smallest absolute Gasteiger partial charge is 0.0978 e. The van der Waals surface area contributed by atoms with Crippen molar-refractivity contribution < 1.29 is 0 Å². The fourth-order valence-electron chi connectivity index (χ4n) is 8.67. The second kappa shape index (κ2) is 10.8. The van der Waals surface area contributed by atoms with Gasteiger partial charge < -0.3 is 8.80 Å². The van der Waals surface area contributed by atoms with Gasteiger partial charge >= 0.3 is 0 Å². The number of fused-ring (bicyclic) bond motifs is 12. The summed E-state index contributed by atoms with van der Waals surface area (Å²) in [5.41, 5.74) is 14.4. The van der Waals surface area contributed by atoms with Crippen molar-refractivity contribution in [2.45, 2.75) is 0 Å². The van der Waals surface area contributed by atoms with Crippen molar-refractivity contribution in [3.63, 3.8) is 0 Å². The first-order valence-corrected chi connectivity index (χ1v) is 18.3. The van der Waals surface area contributed by atoms with Crippen molar-refractivity contribution in [2.24, 2.45) is 0 Å². The average molecular weight is 717 g/mol. The molecule has 13 rings (SSSR count). The molecule has 0 unspecified atom stereocenters. The summed E-state index contributed by atoms with van der Waals surface area (Å²) < 4.78 is 4.63. The first kappa shape index (κ1) is 29.5. The molecular weight excluding hydrogens is 693 g/mol. The van der Waals surface area contributed by atoms with Crippen LogP contribution < -0.4 is 0 Å². The number of hydrogen-bond acceptors (Lipinski definition) is 8. The van der Waals surface area contributed by atoms with Gasteiger partial charge in [0.25, 0.3) is 0 Å². The van der Waals surface area contributed by atoms with Crippen LogP contribution in [0.5, 0.6) is 0 Å². The van der Waals surface area contributed by atoms with Crippen LogP contribution in [0.4, 0.5) is 0 Å². The Labute approximate surface area is 316 Å². The van der Waals surface area contributed by atoms with E-state index in [2.05, 4.69) is 55.2 Å². The third-order valence-corrected chi connectivity index (χ3v) is 11.1. The molecular formula is C46H24N10. The molecule has 0 saturated heterocycles. The predicted molar refractivity (Wildman–Crippen MR) is 220 cm³/mol. The maximum atomic E-state index is 5.35. The molecule has 56 heavy (non-hydrogen) atoms. The number of nitrogens with zero attached hydrogens (tertiary/aromatic N) is 10. The zero-order chi connectivity index (χ0) is 36.5. The Morgan fingerprint density at radius 1 is 0.304 bits per heavy atom. The summed E-state index contributed by atoms with van der Waals surface area (Å²) in [6.07, 6.45) is 11.2. The van der Waals surface area contributed by atoms with Crippen LogP contribution in [0.25, 0.3) is 122 Å². The van der Waals surface area contributed by atoms with Crippen molar-refractivity contribution in [1.82, 2.24) is 48.7 Å². The Hall–Kier alpha value is -7.98. The van der Waals surface area contributed by atoms with Crippen LogP contribution in [0, 0.1) is 0 Å². The molecule has 12 aromatic heterocycles. The minimum absolute atomic E-state index is 0.807. The maximum Gasteiger partial charge on any atom is 0.0978 e. The largest absolute Gasteiger partial charge is 0.305 e. The number of rotatable bonds is 4. The van der Waals surface area contributed by atoms with Crippen LogP contribution in [-0.2, 0) is 0 Å². The van der Waals surface area contributed by atoms with E-state index < -0.39 is 0 Å². The molecule has 10 nitrogen and oxygen atoms in total. The van der Waals surface area contributed by atoms with E-state index in [-0.39, 0.29) is 0 Å². The van der Waals surface area contributed by atoms with E-state index in [9.17, 15) is 0 Å². The van der Waals surface area contributed by atoms with E-state index in [0.29, 0.717) is 0 Å². The lowest BCUT2D eigenvalue weighted by Gasteiger charge is -2.05. The summed E-state index contributed by atoms with van der Waals surface area (Å²) in [7, 11) is 0. The molecule has 0 fully saturated rings. The molecule has 10 heteroatoms. The molecule has 0 aliphatic heterocycles. The van der Waals surface area contributed by atoms with Gasteiger partial charge in [0.1, 0.15) is 0 Å². The van der Waals surface area contributed by atoms with Crippen LogP contribution in [0.15, 0.2) is 146 Å². The molecule has 0 bridgehead atoms. The van der Waals surface area contributed by atoms with E-state index in [0.717, 1.165) is 122 Å². The van der Waals surface area contributed by atoms with Crippen LogP contribution in [-0.4, -0.2) is 48.7 Å². The topological polar surface area (TPSA) is 112 Å². The minimum Gasteiger partial charge on any atom is -0.305 e. The lowest BCUT2D eigenvalue weighted by atomic mass is 10.1. The Morgan fingerprint density at radius 3 is 1.09 bits per heavy atom. The Morgan fingerprint density at radius 2 is 0.696 bits per heavy atom. The second-order valence-electron chi connectivity index (χ2n) is 14.1. The molecule has 12 heterocycles. The fourth-order valence-corrected chi connectivity index (χ4v) is 8.67. The second-order valence-corrected chi connectivity index (χ2v) is 14.1. The van der Waals surface area contributed by atoms with E-state index in [1.807, 2.05) is 97.6 Å². The first-order valence-electron chi connectivity index (χ1n) is 18.3. The van der Waals surface area contributed by atoms with Gasteiger partial charge in [0.05, 0.1) is 102 Å². The van der Waals surface area contributed by atoms with Gasteiger partial charge in [0.2, 0.25) is 0 Å². The summed E-state index contributed by atoms with van der Waals surface area (Å²) in [4.78, 5) is 39.2.